The van der Waals surface area contributed by atoms with Crippen molar-refractivity contribution in [3.63, 3.8) is 0 Å². The van der Waals surface area contributed by atoms with Crippen LogP contribution in [0.25, 0.3) is 0 Å². The molecule has 1 aromatic heterocycles. The summed E-state index contributed by atoms with van der Waals surface area (Å²) < 4.78 is 5.48. The van der Waals surface area contributed by atoms with Gasteiger partial charge in [0, 0.05) is 31.9 Å². The Morgan fingerprint density at radius 2 is 2.26 bits per heavy atom. The highest BCUT2D eigenvalue weighted by atomic mass is 16.5. The number of piperidine rings is 1. The van der Waals surface area contributed by atoms with Gasteiger partial charge < -0.3 is 20.7 Å². The van der Waals surface area contributed by atoms with Crippen molar-refractivity contribution in [2.45, 2.75) is 39.3 Å². The minimum atomic E-state index is -0.465. The van der Waals surface area contributed by atoms with E-state index in [1.165, 1.54) is 4.90 Å². The van der Waals surface area contributed by atoms with Crippen LogP contribution in [0.3, 0.4) is 0 Å². The van der Waals surface area contributed by atoms with Crippen LogP contribution in [0.15, 0.2) is 18.3 Å². The molecule has 0 aliphatic carbocycles. The third kappa shape index (κ3) is 5.12. The molecule has 3 N–H and O–H groups in total. The van der Waals surface area contributed by atoms with Crippen molar-refractivity contribution in [1.29, 1.82) is 0 Å². The predicted octanol–water partition coefficient (Wildman–Crippen LogP) is 1.28. The largest absolute Gasteiger partial charge is 0.475 e. The van der Waals surface area contributed by atoms with Gasteiger partial charge in [-0.3, -0.25) is 4.79 Å². The fourth-order valence-electron chi connectivity index (χ4n) is 2.55. The fraction of sp³-hybridized carbons (Fsp3) is 0.562. The quantitative estimate of drug-likeness (QED) is 0.854. The molecular formula is C16H24N4O3. The minimum absolute atomic E-state index is 0.0570. The summed E-state index contributed by atoms with van der Waals surface area (Å²) in [4.78, 5) is 29.1. The molecule has 126 valence electrons. The molecule has 23 heavy (non-hydrogen) atoms. The van der Waals surface area contributed by atoms with E-state index in [1.54, 1.807) is 12.3 Å². The summed E-state index contributed by atoms with van der Waals surface area (Å²) >= 11 is 0. The summed E-state index contributed by atoms with van der Waals surface area (Å²) in [5.41, 5.74) is 6.18. The zero-order valence-corrected chi connectivity index (χ0v) is 13.6. The SMILES string of the molecule is CC(C)Oc1ccc(CNC(=O)C2CCCN(C(N)=O)C2)cn1. The van der Waals surface area contributed by atoms with Crippen LogP contribution in [-0.2, 0) is 11.3 Å². The molecule has 1 aliphatic heterocycles. The average molecular weight is 320 g/mol. The summed E-state index contributed by atoms with van der Waals surface area (Å²) in [6, 6.07) is 3.20. The number of pyridine rings is 1. The van der Waals surface area contributed by atoms with Gasteiger partial charge in [-0.25, -0.2) is 9.78 Å². The van der Waals surface area contributed by atoms with Gasteiger partial charge in [0.05, 0.1) is 12.0 Å². The molecule has 1 saturated heterocycles. The Balaban J connectivity index is 1.83. The lowest BCUT2D eigenvalue weighted by Crippen LogP contribution is -2.47. The molecular weight excluding hydrogens is 296 g/mol. The molecule has 2 rings (SSSR count). The standard InChI is InChI=1S/C16H24N4O3/c1-11(2)23-14-6-5-12(8-18-14)9-19-15(21)13-4-3-7-20(10-13)16(17)22/h5-6,8,11,13H,3-4,7,9-10H2,1-2H3,(H2,17,22)(H,19,21). The summed E-state index contributed by atoms with van der Waals surface area (Å²) in [5, 5.41) is 2.89. The van der Waals surface area contributed by atoms with Crippen molar-refractivity contribution >= 4 is 11.9 Å². The molecule has 0 saturated carbocycles. The predicted molar refractivity (Wildman–Crippen MR) is 85.7 cm³/mol. The summed E-state index contributed by atoms with van der Waals surface area (Å²) in [6.07, 6.45) is 3.33. The van der Waals surface area contributed by atoms with Crippen LogP contribution >= 0.6 is 0 Å². The van der Waals surface area contributed by atoms with Gasteiger partial charge in [0.1, 0.15) is 0 Å². The highest BCUT2D eigenvalue weighted by molar-refractivity contribution is 5.80. The maximum Gasteiger partial charge on any atom is 0.314 e. The number of hydrogen-bond acceptors (Lipinski definition) is 4. The zero-order valence-electron chi connectivity index (χ0n) is 13.6. The first-order valence-electron chi connectivity index (χ1n) is 7.89. The van der Waals surface area contributed by atoms with E-state index in [4.69, 9.17) is 10.5 Å². The Labute approximate surface area is 136 Å². The summed E-state index contributed by atoms with van der Waals surface area (Å²) in [6.45, 7) is 5.30. The number of carbonyl (C=O) groups is 2. The molecule has 0 radical (unpaired) electrons. The Morgan fingerprint density at radius 3 is 2.87 bits per heavy atom. The molecule has 1 unspecified atom stereocenters. The van der Waals surface area contributed by atoms with Crippen molar-refractivity contribution in [3.05, 3.63) is 23.9 Å². The second kappa shape index (κ2) is 7.80. The van der Waals surface area contributed by atoms with E-state index in [9.17, 15) is 9.59 Å². The van der Waals surface area contributed by atoms with E-state index >= 15 is 0 Å². The van der Waals surface area contributed by atoms with E-state index < -0.39 is 6.03 Å². The number of likely N-dealkylation sites (tertiary alicyclic amines) is 1. The van der Waals surface area contributed by atoms with E-state index in [0.29, 0.717) is 25.5 Å². The normalized spacial score (nSPS) is 17.9. The average Bonchev–Trinajstić information content (AvgIpc) is 2.53. The molecule has 7 nitrogen and oxygen atoms in total. The monoisotopic (exact) mass is 320 g/mol. The lowest BCUT2D eigenvalue weighted by atomic mass is 9.97. The Bertz CT molecular complexity index is 545. The molecule has 0 spiro atoms. The molecule has 1 aromatic rings. The van der Waals surface area contributed by atoms with Crippen molar-refractivity contribution in [2.24, 2.45) is 11.7 Å². The van der Waals surface area contributed by atoms with Crippen LogP contribution < -0.4 is 15.8 Å². The molecule has 0 aromatic carbocycles. The van der Waals surface area contributed by atoms with E-state index in [1.807, 2.05) is 19.9 Å². The van der Waals surface area contributed by atoms with Gasteiger partial charge in [-0.05, 0) is 32.3 Å². The number of nitrogens with one attached hydrogen (secondary N) is 1. The van der Waals surface area contributed by atoms with Gasteiger partial charge in [-0.2, -0.15) is 0 Å². The van der Waals surface area contributed by atoms with Crippen molar-refractivity contribution in [1.82, 2.24) is 15.2 Å². The number of urea groups is 1. The van der Waals surface area contributed by atoms with Crippen molar-refractivity contribution in [2.75, 3.05) is 13.1 Å². The second-order valence-electron chi connectivity index (χ2n) is 6.01. The number of nitrogens with two attached hydrogens (primary N) is 1. The van der Waals surface area contributed by atoms with Crippen LogP contribution in [0.4, 0.5) is 4.79 Å². The molecule has 2 heterocycles. The topological polar surface area (TPSA) is 97.5 Å². The molecule has 1 fully saturated rings. The number of aromatic nitrogens is 1. The van der Waals surface area contributed by atoms with Crippen LogP contribution in [0.2, 0.25) is 0 Å². The van der Waals surface area contributed by atoms with Crippen LogP contribution in [0.5, 0.6) is 5.88 Å². The van der Waals surface area contributed by atoms with Crippen molar-refractivity contribution < 1.29 is 14.3 Å². The number of primary amides is 1. The van der Waals surface area contributed by atoms with Crippen LogP contribution in [0, 0.1) is 5.92 Å². The van der Waals surface area contributed by atoms with Gasteiger partial charge in [0.15, 0.2) is 0 Å². The van der Waals surface area contributed by atoms with Crippen LogP contribution in [-0.4, -0.2) is 41.0 Å². The highest BCUT2D eigenvalue weighted by Gasteiger charge is 2.27. The van der Waals surface area contributed by atoms with Gasteiger partial charge in [0.25, 0.3) is 0 Å². The number of carbonyl (C=O) groups excluding carboxylic acids is 2. The first-order valence-corrected chi connectivity index (χ1v) is 7.89. The molecule has 3 amide bonds. The first-order chi connectivity index (χ1) is 11.0. The van der Waals surface area contributed by atoms with E-state index in [2.05, 4.69) is 10.3 Å². The number of rotatable bonds is 5. The number of ether oxygens (including phenoxy) is 1. The van der Waals surface area contributed by atoms with Gasteiger partial charge in [0.2, 0.25) is 11.8 Å². The molecule has 0 bridgehead atoms. The smallest absolute Gasteiger partial charge is 0.314 e. The van der Waals surface area contributed by atoms with Gasteiger partial charge in [-0.1, -0.05) is 6.07 Å². The first kappa shape index (κ1) is 17.1. The Morgan fingerprint density at radius 1 is 1.48 bits per heavy atom. The van der Waals surface area contributed by atoms with Gasteiger partial charge >= 0.3 is 6.03 Å². The highest BCUT2D eigenvalue weighted by Crippen LogP contribution is 2.16. The second-order valence-corrected chi connectivity index (χ2v) is 6.01. The Hall–Kier alpha value is -2.31. The minimum Gasteiger partial charge on any atom is -0.475 e. The summed E-state index contributed by atoms with van der Waals surface area (Å²) in [5.74, 6) is 0.311. The number of nitrogens with zero attached hydrogens (tertiary/aromatic N) is 2. The van der Waals surface area contributed by atoms with Crippen LogP contribution in [0.1, 0.15) is 32.3 Å². The zero-order chi connectivity index (χ0) is 16.8. The maximum atomic E-state index is 12.2. The number of amides is 3. The summed E-state index contributed by atoms with van der Waals surface area (Å²) in [7, 11) is 0. The molecule has 7 heteroatoms. The maximum absolute atomic E-state index is 12.2. The third-order valence-electron chi connectivity index (χ3n) is 3.72. The van der Waals surface area contributed by atoms with Crippen molar-refractivity contribution in [3.8, 4) is 5.88 Å². The van der Waals surface area contributed by atoms with Gasteiger partial charge in [-0.15, -0.1) is 0 Å². The molecule has 1 atom stereocenters. The fourth-order valence-corrected chi connectivity index (χ4v) is 2.55. The lowest BCUT2D eigenvalue weighted by molar-refractivity contribution is -0.126. The van der Waals surface area contributed by atoms with E-state index in [-0.39, 0.29) is 17.9 Å². The third-order valence-corrected chi connectivity index (χ3v) is 3.72. The van der Waals surface area contributed by atoms with E-state index in [0.717, 1.165) is 18.4 Å². The number of hydrogen-bond donors (Lipinski definition) is 2. The Kier molecular flexibility index (Phi) is 5.78. The molecule has 1 aliphatic rings. The lowest BCUT2D eigenvalue weighted by Gasteiger charge is -2.30.